The van der Waals surface area contributed by atoms with E-state index in [1.807, 2.05) is 0 Å². The molecule has 0 aliphatic carbocycles. The van der Waals surface area contributed by atoms with Crippen molar-refractivity contribution in [2.24, 2.45) is 51.6 Å². The topological polar surface area (TPSA) is 478 Å². The number of aliphatic imine (C=N–C) groups is 1. The molecule has 0 saturated carbocycles. The van der Waals surface area contributed by atoms with Crippen molar-refractivity contribution in [3.05, 3.63) is 0 Å². The van der Waals surface area contributed by atoms with Gasteiger partial charge in [-0.3, -0.25) is 57.7 Å². The van der Waals surface area contributed by atoms with Crippen molar-refractivity contribution in [1.82, 2.24) is 42.5 Å². The fraction of sp³-hybridized carbons (Fsp3) is 0.711. The van der Waals surface area contributed by atoms with Gasteiger partial charge >= 0.3 is 17.9 Å². The van der Waals surface area contributed by atoms with Crippen LogP contribution >= 0.6 is 0 Å². The molecular formula is C45H79N13O15. The molecule has 0 fully saturated rings. The number of primary amides is 1. The first kappa shape index (κ1) is 65.9. The predicted molar refractivity (Wildman–Crippen MR) is 263 cm³/mol. The zero-order chi connectivity index (χ0) is 56.4. The summed E-state index contributed by atoms with van der Waals surface area (Å²) >= 11 is 0. The van der Waals surface area contributed by atoms with E-state index in [9.17, 15) is 67.7 Å². The van der Waals surface area contributed by atoms with Crippen LogP contribution in [0.1, 0.15) is 120 Å². The van der Waals surface area contributed by atoms with Crippen molar-refractivity contribution >= 4 is 77.0 Å². The molecule has 0 aliphatic rings. The molecule has 0 unspecified atom stereocenters. The molecule has 28 heteroatoms. The van der Waals surface area contributed by atoms with Gasteiger partial charge in [0.1, 0.15) is 48.3 Å². The van der Waals surface area contributed by atoms with Crippen LogP contribution in [0.3, 0.4) is 0 Å². The Morgan fingerprint density at radius 3 is 1.41 bits per heavy atom. The van der Waals surface area contributed by atoms with Gasteiger partial charge in [0.15, 0.2) is 5.96 Å². The van der Waals surface area contributed by atoms with Crippen LogP contribution in [-0.4, -0.2) is 153 Å². The Morgan fingerprint density at radius 2 is 0.932 bits per heavy atom. The number of aliphatic carboxylic acids is 3. The highest BCUT2D eigenvalue weighted by atomic mass is 16.4. The maximum Gasteiger partial charge on any atom is 0.326 e. The predicted octanol–water partition coefficient (Wildman–Crippen LogP) is -3.64. The Bertz CT molecular complexity index is 1980. The van der Waals surface area contributed by atoms with Gasteiger partial charge in [0.05, 0.1) is 12.5 Å². The lowest BCUT2D eigenvalue weighted by Crippen LogP contribution is -2.62. The first-order valence-electron chi connectivity index (χ1n) is 24.0. The summed E-state index contributed by atoms with van der Waals surface area (Å²) in [5, 5.41) is 47.8. The summed E-state index contributed by atoms with van der Waals surface area (Å²) < 4.78 is 0. The molecule has 73 heavy (non-hydrogen) atoms. The highest BCUT2D eigenvalue weighted by Gasteiger charge is 2.37. The lowest BCUT2D eigenvalue weighted by atomic mass is 9.95. The number of nitrogens with one attached hydrogen (secondary N) is 8. The van der Waals surface area contributed by atoms with Gasteiger partial charge in [-0.25, -0.2) is 4.79 Å². The number of amides is 9. The van der Waals surface area contributed by atoms with E-state index in [1.54, 1.807) is 55.4 Å². The van der Waals surface area contributed by atoms with E-state index >= 15 is 0 Å². The Labute approximate surface area is 424 Å². The Balaban J connectivity index is 6.69. The minimum atomic E-state index is -1.61. The molecule has 0 bridgehead atoms. The second kappa shape index (κ2) is 32.8. The van der Waals surface area contributed by atoms with Gasteiger partial charge in [0, 0.05) is 19.4 Å². The number of carbonyl (C=O) groups is 12. The molecule has 0 aromatic rings. The Morgan fingerprint density at radius 1 is 0.493 bits per heavy atom. The summed E-state index contributed by atoms with van der Waals surface area (Å²) in [6.07, 6.45) is -2.20. The molecular weight excluding hydrogens is 963 g/mol. The Kier molecular flexibility index (Phi) is 29.6. The van der Waals surface area contributed by atoms with Crippen LogP contribution in [0.5, 0.6) is 0 Å². The summed E-state index contributed by atoms with van der Waals surface area (Å²) in [6.45, 7) is 14.4. The maximum atomic E-state index is 14.2. The average molecular weight is 1040 g/mol. The van der Waals surface area contributed by atoms with Crippen LogP contribution in [0.2, 0.25) is 0 Å². The van der Waals surface area contributed by atoms with E-state index in [4.69, 9.17) is 28.0 Å². The van der Waals surface area contributed by atoms with Gasteiger partial charge in [-0.2, -0.15) is 0 Å². The van der Waals surface area contributed by atoms with Crippen LogP contribution in [0.25, 0.3) is 0 Å². The number of nitrogens with zero attached hydrogens (tertiary/aromatic N) is 1. The van der Waals surface area contributed by atoms with Crippen LogP contribution < -0.4 is 65.5 Å². The van der Waals surface area contributed by atoms with Crippen molar-refractivity contribution in [2.75, 3.05) is 6.54 Å². The summed E-state index contributed by atoms with van der Waals surface area (Å²) in [5.41, 5.74) is 21.8. The molecule has 0 aliphatic heterocycles. The monoisotopic (exact) mass is 1040 g/mol. The number of nitrogens with two attached hydrogens (primary N) is 4. The summed E-state index contributed by atoms with van der Waals surface area (Å²) in [4.78, 5) is 158. The van der Waals surface area contributed by atoms with Gasteiger partial charge in [-0.1, -0.05) is 61.8 Å². The number of guanidine groups is 1. The number of carboxylic acid groups (broad SMARTS) is 3. The third kappa shape index (κ3) is 25.7. The van der Waals surface area contributed by atoms with Crippen LogP contribution in [0.4, 0.5) is 0 Å². The summed E-state index contributed by atoms with van der Waals surface area (Å²) in [7, 11) is 0. The van der Waals surface area contributed by atoms with E-state index in [2.05, 4.69) is 47.5 Å². The SMILES string of the molecule is CC[C@H](C)[C@H](NC(=O)[C@@H](NC(=O)[C@@H](N)CC(=O)O)C(C)C)C(=O)N[C@@H](CC(C)C)C(=O)N[C@@H](CCCN=C(N)N)C(=O)N[C@H](C(=O)N[C@@H](CCC(=O)O)C(=O)N[C@@H](C)C(=O)N[C@@H](CCC(N)=O)C(=O)O)C(C)C. The number of hydrogen-bond donors (Lipinski definition) is 15. The molecule has 28 nitrogen and oxygen atoms in total. The molecule has 414 valence electrons. The number of hydrogen-bond acceptors (Lipinski definition) is 14. The van der Waals surface area contributed by atoms with Gasteiger partial charge in [-0.15, -0.1) is 0 Å². The summed E-state index contributed by atoms with van der Waals surface area (Å²) in [6, 6.07) is -12.7. The zero-order valence-electron chi connectivity index (χ0n) is 43.1. The highest BCUT2D eigenvalue weighted by Crippen LogP contribution is 2.14. The first-order valence-corrected chi connectivity index (χ1v) is 24.0. The molecule has 19 N–H and O–H groups in total. The van der Waals surface area contributed by atoms with Crippen LogP contribution in [0, 0.1) is 23.7 Å². The van der Waals surface area contributed by atoms with E-state index in [0.29, 0.717) is 6.42 Å². The number of carbonyl (C=O) groups excluding carboxylic acids is 9. The van der Waals surface area contributed by atoms with E-state index < -0.39 is 162 Å². The van der Waals surface area contributed by atoms with Crippen LogP contribution in [0.15, 0.2) is 4.99 Å². The van der Waals surface area contributed by atoms with Crippen molar-refractivity contribution in [1.29, 1.82) is 0 Å². The molecule has 0 radical (unpaired) electrons. The minimum Gasteiger partial charge on any atom is -0.481 e. The molecule has 0 rings (SSSR count). The molecule has 0 spiro atoms. The minimum absolute atomic E-state index is 0.00297. The van der Waals surface area contributed by atoms with Crippen molar-refractivity contribution in [2.45, 2.75) is 174 Å². The fourth-order valence-corrected chi connectivity index (χ4v) is 6.84. The molecule has 10 atom stereocenters. The van der Waals surface area contributed by atoms with Crippen molar-refractivity contribution in [3.63, 3.8) is 0 Å². The summed E-state index contributed by atoms with van der Waals surface area (Å²) in [5.74, 6) is -14.5. The van der Waals surface area contributed by atoms with Crippen LogP contribution in [-0.2, 0) is 57.5 Å². The lowest BCUT2D eigenvalue weighted by molar-refractivity contribution is -0.142. The van der Waals surface area contributed by atoms with E-state index in [-0.39, 0.29) is 50.5 Å². The van der Waals surface area contributed by atoms with Gasteiger partial charge in [0.25, 0.3) is 0 Å². The smallest absolute Gasteiger partial charge is 0.326 e. The average Bonchev–Trinajstić information content (AvgIpc) is 3.27. The maximum absolute atomic E-state index is 14.2. The third-order valence-electron chi connectivity index (χ3n) is 11.3. The number of rotatable bonds is 35. The molecule has 0 aromatic heterocycles. The van der Waals surface area contributed by atoms with E-state index in [0.717, 1.165) is 0 Å². The second-order valence-corrected chi connectivity index (χ2v) is 18.9. The number of carboxylic acids is 3. The van der Waals surface area contributed by atoms with Crippen molar-refractivity contribution < 1.29 is 72.9 Å². The molecule has 0 heterocycles. The molecule has 0 saturated heterocycles. The largest absolute Gasteiger partial charge is 0.481 e. The molecule has 9 amide bonds. The quantitative estimate of drug-likeness (QED) is 0.0165. The van der Waals surface area contributed by atoms with Gasteiger partial charge < -0.3 is 80.8 Å². The first-order chi connectivity index (χ1) is 33.8. The van der Waals surface area contributed by atoms with Gasteiger partial charge in [0.2, 0.25) is 53.2 Å². The van der Waals surface area contributed by atoms with E-state index in [1.165, 1.54) is 6.92 Å². The standard InChI is InChI=1S/C45H79N13O15/c1-10-23(8)35(58-42(70)34(22(6)7)56-37(65)25(46)19-32(62)63)43(71)55-29(18-20(2)3)40(68)52-26(12-11-17-50-45(48)49)39(67)57-33(21(4)5)41(69)53-27(14-16-31(60)61)38(66)51-24(9)36(64)54-28(44(72)73)13-15-30(47)59/h20-29,33-35H,10-19,46H2,1-9H3,(H2,47,59)(H,51,66)(H,52,68)(H,53,69)(H,54,64)(H,55,71)(H,56,65)(H,57,67)(H,58,70)(H,60,61)(H,62,63)(H,72,73)(H4,48,49,50)/t23-,24-,25-,26-,27-,28-,29-,33-,34-,35-/m0/s1. The van der Waals surface area contributed by atoms with Crippen molar-refractivity contribution in [3.8, 4) is 0 Å². The lowest BCUT2D eigenvalue weighted by Gasteiger charge is -2.31. The third-order valence-corrected chi connectivity index (χ3v) is 11.3. The second-order valence-electron chi connectivity index (χ2n) is 18.9. The normalized spacial score (nSPS) is 15.2. The zero-order valence-corrected chi connectivity index (χ0v) is 43.1. The fourth-order valence-electron chi connectivity index (χ4n) is 6.84. The Hall–Kier alpha value is -7.13. The molecule has 0 aromatic carbocycles. The van der Waals surface area contributed by atoms with Gasteiger partial charge in [-0.05, 0) is 62.7 Å². The highest BCUT2D eigenvalue weighted by molar-refractivity contribution is 5.98.